The molecule has 5 fully saturated rings. The van der Waals surface area contributed by atoms with Crippen LogP contribution in [0.2, 0.25) is 0 Å². The molecule has 4 atom stereocenters. The Labute approximate surface area is 458 Å². The number of H-pyrrole nitrogens is 1. The number of hydrogen-bond acceptors (Lipinski definition) is 18. The predicted molar refractivity (Wildman–Crippen MR) is 295 cm³/mol. The molecule has 1 spiro atoms. The first-order chi connectivity index (χ1) is 38.4. The minimum Gasteiger partial charge on any atom is -0.491 e. The number of piperidine rings is 1. The van der Waals surface area contributed by atoms with E-state index in [1.54, 1.807) is 24.7 Å². The second kappa shape index (κ2) is 20.8. The van der Waals surface area contributed by atoms with Gasteiger partial charge in [0, 0.05) is 106 Å². The molecule has 13 rings (SSSR count). The van der Waals surface area contributed by atoms with Gasteiger partial charge in [0.2, 0.25) is 11.8 Å². The van der Waals surface area contributed by atoms with Gasteiger partial charge in [-0.15, -0.1) is 0 Å². The predicted octanol–water partition coefficient (Wildman–Crippen LogP) is 7.77. The van der Waals surface area contributed by atoms with E-state index in [-0.39, 0.29) is 65.8 Å². The Hall–Kier alpha value is -7.27. The van der Waals surface area contributed by atoms with Gasteiger partial charge in [-0.1, -0.05) is 18.2 Å². The number of anilines is 5. The third-order valence-corrected chi connectivity index (χ3v) is 18.7. The van der Waals surface area contributed by atoms with E-state index in [1.807, 2.05) is 36.4 Å². The van der Waals surface area contributed by atoms with E-state index in [0.717, 1.165) is 100 Å². The maximum absolute atomic E-state index is 14.9. The molecule has 6 aromatic rings. The molecular formula is C57H65N11O10S. The van der Waals surface area contributed by atoms with Crippen molar-refractivity contribution in [3.8, 4) is 17.4 Å². The SMILES string of the molecule is CC(C)Oc1ccccc1[C@@H]1CN(c2ncccn2)CCN1C1CC2(CCN(c3ccc(C(=O)NS(=O)(=O)c4cc5c(c([N+](=O)[O-])c4)N[C@H](C4CCOCC4)CO5)c(N4c5cc6cc[nH]c6nc5O[C@H]5COCC[C@@H]54)c3)CC2)C1. The summed E-state index contributed by atoms with van der Waals surface area (Å²) in [6.07, 6.45) is 11.2. The molecule has 22 heteroatoms. The van der Waals surface area contributed by atoms with E-state index in [1.165, 1.54) is 11.6 Å². The summed E-state index contributed by atoms with van der Waals surface area (Å²) >= 11 is 0. The topological polar surface area (TPSA) is 232 Å². The highest BCUT2D eigenvalue weighted by Crippen LogP contribution is 2.54. The second-order valence-corrected chi connectivity index (χ2v) is 24.1. The minimum absolute atomic E-state index is 0.0227. The van der Waals surface area contributed by atoms with Crippen molar-refractivity contribution in [3.63, 3.8) is 0 Å². The Morgan fingerprint density at radius 2 is 1.70 bits per heavy atom. The highest BCUT2D eigenvalue weighted by atomic mass is 32.2. The molecule has 79 heavy (non-hydrogen) atoms. The van der Waals surface area contributed by atoms with Crippen LogP contribution in [-0.2, 0) is 19.5 Å². The summed E-state index contributed by atoms with van der Waals surface area (Å²) in [5.41, 5.74) is 3.71. The van der Waals surface area contributed by atoms with Crippen molar-refractivity contribution in [2.24, 2.45) is 11.3 Å². The molecule has 0 radical (unpaired) electrons. The van der Waals surface area contributed by atoms with Gasteiger partial charge in [0.1, 0.15) is 29.8 Å². The van der Waals surface area contributed by atoms with Crippen molar-refractivity contribution in [1.82, 2.24) is 29.6 Å². The molecule has 3 aromatic heterocycles. The van der Waals surface area contributed by atoms with Gasteiger partial charge in [-0.2, -0.15) is 4.98 Å². The number of hydrogen-bond donors (Lipinski definition) is 3. The van der Waals surface area contributed by atoms with Crippen LogP contribution in [0.25, 0.3) is 11.0 Å². The Morgan fingerprint density at radius 3 is 2.49 bits per heavy atom. The van der Waals surface area contributed by atoms with Crippen molar-refractivity contribution in [2.45, 2.75) is 100 Å². The summed E-state index contributed by atoms with van der Waals surface area (Å²) in [6.45, 7) is 10.2. The average Bonchev–Trinajstić information content (AvgIpc) is 4.13. The number of aromatic nitrogens is 4. The highest BCUT2D eigenvalue weighted by molar-refractivity contribution is 7.90. The van der Waals surface area contributed by atoms with Crippen LogP contribution in [-0.4, -0.2) is 140 Å². The largest absolute Gasteiger partial charge is 0.491 e. The zero-order chi connectivity index (χ0) is 54.0. The fourth-order valence-electron chi connectivity index (χ4n) is 13.3. The number of pyridine rings is 1. The molecule has 1 aliphatic carbocycles. The van der Waals surface area contributed by atoms with Crippen LogP contribution in [0.4, 0.5) is 34.4 Å². The fourth-order valence-corrected chi connectivity index (χ4v) is 14.3. The maximum atomic E-state index is 14.9. The normalized spacial score (nSPS) is 23.4. The molecule has 414 valence electrons. The third-order valence-electron chi connectivity index (χ3n) is 17.4. The number of benzene rings is 3. The zero-order valence-electron chi connectivity index (χ0n) is 44.3. The quantitative estimate of drug-likeness (QED) is 0.0785. The van der Waals surface area contributed by atoms with E-state index in [0.29, 0.717) is 55.2 Å². The minimum atomic E-state index is -4.71. The molecule has 1 saturated carbocycles. The van der Waals surface area contributed by atoms with Gasteiger partial charge >= 0.3 is 0 Å². The molecular weight excluding hydrogens is 1030 g/mol. The number of piperazine rings is 1. The number of rotatable bonds is 12. The molecule has 3 aromatic carbocycles. The van der Waals surface area contributed by atoms with E-state index in [9.17, 15) is 23.3 Å². The number of sulfonamides is 1. The van der Waals surface area contributed by atoms with Crippen molar-refractivity contribution in [1.29, 1.82) is 0 Å². The first-order valence-electron chi connectivity index (χ1n) is 27.7. The van der Waals surface area contributed by atoms with Crippen LogP contribution in [0.15, 0.2) is 96.3 Å². The van der Waals surface area contributed by atoms with Crippen LogP contribution in [0.5, 0.6) is 17.4 Å². The second-order valence-electron chi connectivity index (χ2n) is 22.4. The Bertz CT molecular complexity index is 3380. The number of para-hydroxylation sites is 1. The van der Waals surface area contributed by atoms with Crippen LogP contribution >= 0.6 is 0 Å². The number of carbonyl (C=O) groups excluding carboxylic acids is 1. The van der Waals surface area contributed by atoms with Gasteiger partial charge in [0.15, 0.2) is 11.4 Å². The van der Waals surface area contributed by atoms with Crippen LogP contribution in [0.1, 0.15) is 80.8 Å². The van der Waals surface area contributed by atoms with Gasteiger partial charge in [0.25, 0.3) is 21.6 Å². The van der Waals surface area contributed by atoms with E-state index in [2.05, 4.69) is 76.6 Å². The zero-order valence-corrected chi connectivity index (χ0v) is 45.1. The van der Waals surface area contributed by atoms with Gasteiger partial charge < -0.3 is 48.7 Å². The van der Waals surface area contributed by atoms with E-state index in [4.69, 9.17) is 28.7 Å². The monoisotopic (exact) mass is 1100 g/mol. The summed E-state index contributed by atoms with van der Waals surface area (Å²) in [5.74, 6) is 1.28. The van der Waals surface area contributed by atoms with Crippen molar-refractivity contribution >= 4 is 61.3 Å². The first kappa shape index (κ1) is 51.2. The molecule has 21 nitrogen and oxygen atoms in total. The van der Waals surface area contributed by atoms with Crippen molar-refractivity contribution < 1.29 is 41.8 Å². The van der Waals surface area contributed by atoms with Crippen LogP contribution < -0.4 is 38.9 Å². The molecule has 0 bridgehead atoms. The smallest absolute Gasteiger partial charge is 0.297 e. The number of nitrogens with one attached hydrogen (secondary N) is 3. The number of carbonyl (C=O) groups is 1. The lowest BCUT2D eigenvalue weighted by molar-refractivity contribution is -0.384. The van der Waals surface area contributed by atoms with Crippen LogP contribution in [0, 0.1) is 21.4 Å². The fraction of sp³-hybridized carbons (Fsp3) is 0.474. The lowest BCUT2D eigenvalue weighted by Crippen LogP contribution is -2.60. The highest BCUT2D eigenvalue weighted by Gasteiger charge is 2.51. The molecule has 7 aliphatic rings. The summed E-state index contributed by atoms with van der Waals surface area (Å²) in [7, 11) is -4.71. The van der Waals surface area contributed by atoms with Crippen LogP contribution in [0.3, 0.4) is 0 Å². The Balaban J connectivity index is 0.784. The van der Waals surface area contributed by atoms with Gasteiger partial charge in [-0.3, -0.25) is 19.8 Å². The maximum Gasteiger partial charge on any atom is 0.297 e. The molecule has 3 N–H and O–H groups in total. The number of fused-ring (bicyclic) bond motifs is 4. The first-order valence-corrected chi connectivity index (χ1v) is 29.2. The molecule has 6 aliphatic heterocycles. The molecule has 0 unspecified atom stereocenters. The lowest BCUT2D eigenvalue weighted by Gasteiger charge is -2.58. The Morgan fingerprint density at radius 1 is 0.899 bits per heavy atom. The summed E-state index contributed by atoms with van der Waals surface area (Å²) < 4.78 is 61.6. The molecule has 1 amide bonds. The number of nitrogens with zero attached hydrogens (tertiary/aromatic N) is 8. The number of ether oxygens (including phenoxy) is 5. The van der Waals surface area contributed by atoms with E-state index < -0.39 is 37.5 Å². The number of nitro benzene ring substituents is 1. The molecule has 9 heterocycles. The summed E-state index contributed by atoms with van der Waals surface area (Å²) in [6, 6.07) is 21.9. The van der Waals surface area contributed by atoms with Crippen molar-refractivity contribution in [3.05, 3.63) is 113 Å². The Kier molecular flexibility index (Phi) is 13.4. The van der Waals surface area contributed by atoms with E-state index >= 15 is 0 Å². The molecule has 4 saturated heterocycles. The van der Waals surface area contributed by atoms with Crippen molar-refractivity contribution in [2.75, 3.05) is 85.8 Å². The number of aromatic amines is 1. The standard InChI is InChI=1S/C57H65N11O10S/c1-35(2)77-49-7-4-3-6-41(49)48-32-65(56-59-16-5-17-60-56)21-22-66(48)39-30-57(31-39)14-19-64(20-15-57)38-8-9-42(45(27-38)67-44-13-25-75-34-51(44)78-55-47(67)26-37-10-18-58-53(37)62-55)54(69)63-79(72,73)40-28-46(68(70)71)52-50(29-40)76-33-43(61-52)36-11-23-74-24-12-36/h3-10,16-18,26-29,35-36,39,43-44,48,51,61H,11-15,19-25,30-34H2,1-2H3,(H,58,62)(H,63,69)/t43-,44-,48-,51-/m0/s1. The summed E-state index contributed by atoms with van der Waals surface area (Å²) in [5, 5.41) is 16.7. The average molecular weight is 1100 g/mol. The number of amides is 1. The lowest BCUT2D eigenvalue weighted by atomic mass is 9.59. The van der Waals surface area contributed by atoms with Gasteiger partial charge in [-0.05, 0) is 113 Å². The third kappa shape index (κ3) is 9.79. The number of nitro groups is 1. The van der Waals surface area contributed by atoms with Gasteiger partial charge in [-0.25, -0.2) is 23.1 Å². The van der Waals surface area contributed by atoms with Gasteiger partial charge in [0.05, 0.1) is 51.9 Å². The summed E-state index contributed by atoms with van der Waals surface area (Å²) in [4.78, 5) is 53.1.